The van der Waals surface area contributed by atoms with E-state index in [1.807, 2.05) is 13.8 Å². The van der Waals surface area contributed by atoms with Crippen molar-refractivity contribution in [3.63, 3.8) is 0 Å². The van der Waals surface area contributed by atoms with Gasteiger partial charge in [-0.2, -0.15) is 0 Å². The van der Waals surface area contributed by atoms with Crippen LogP contribution in [0.25, 0.3) is 0 Å². The Bertz CT molecular complexity index is 185. The quantitative estimate of drug-likeness (QED) is 0.684. The monoisotopic (exact) mass is 185 g/mol. The molecule has 0 atom stereocenters. The summed E-state index contributed by atoms with van der Waals surface area (Å²) in [6.45, 7) is 4.80. The highest BCUT2D eigenvalue weighted by atomic mass is 16.4. The Morgan fingerprint density at radius 2 is 2.15 bits per heavy atom. The maximum Gasteiger partial charge on any atom is 0.303 e. The molecule has 3 nitrogen and oxygen atoms in total. The van der Waals surface area contributed by atoms with Crippen LogP contribution in [0.1, 0.15) is 39.5 Å². The van der Waals surface area contributed by atoms with Gasteiger partial charge in [-0.3, -0.25) is 4.79 Å². The average molecular weight is 185 g/mol. The highest BCUT2D eigenvalue weighted by molar-refractivity contribution is 5.67. The number of hydrogen-bond donors (Lipinski definition) is 2. The molecule has 3 heteroatoms. The van der Waals surface area contributed by atoms with Gasteiger partial charge >= 0.3 is 5.97 Å². The van der Waals surface area contributed by atoms with E-state index >= 15 is 0 Å². The molecule has 1 saturated carbocycles. The molecule has 0 aromatic rings. The molecule has 13 heavy (non-hydrogen) atoms. The third-order valence-corrected chi connectivity index (χ3v) is 2.60. The number of hydrogen-bond acceptors (Lipinski definition) is 2. The molecule has 0 radical (unpaired) electrons. The molecule has 2 N–H and O–H groups in total. The first-order chi connectivity index (χ1) is 5.99. The van der Waals surface area contributed by atoms with Gasteiger partial charge in [0, 0.05) is 12.6 Å². The summed E-state index contributed by atoms with van der Waals surface area (Å²) in [5.41, 5.74) is -0.124. The molecule has 0 aromatic heterocycles. The van der Waals surface area contributed by atoms with Gasteiger partial charge < -0.3 is 10.4 Å². The number of carboxylic acids is 1. The lowest BCUT2D eigenvalue weighted by atomic mass is 9.87. The zero-order valence-electron chi connectivity index (χ0n) is 8.47. The zero-order valence-corrected chi connectivity index (χ0v) is 8.47. The molecule has 1 rings (SSSR count). The molecule has 0 aliphatic heterocycles. The van der Waals surface area contributed by atoms with Crippen molar-refractivity contribution < 1.29 is 9.90 Å². The fraction of sp³-hybridized carbons (Fsp3) is 0.900. The van der Waals surface area contributed by atoms with Crippen molar-refractivity contribution in [3.8, 4) is 0 Å². The van der Waals surface area contributed by atoms with E-state index in [1.54, 1.807) is 0 Å². The maximum absolute atomic E-state index is 10.5. The van der Waals surface area contributed by atoms with Gasteiger partial charge in [0.1, 0.15) is 0 Å². The fourth-order valence-corrected chi connectivity index (χ4v) is 1.50. The van der Waals surface area contributed by atoms with Gasteiger partial charge in [-0.1, -0.05) is 20.3 Å². The minimum Gasteiger partial charge on any atom is -0.481 e. The average Bonchev–Trinajstić information content (AvgIpc) is 1.79. The summed E-state index contributed by atoms with van der Waals surface area (Å²) in [7, 11) is 0. The molecule has 1 aliphatic carbocycles. The van der Waals surface area contributed by atoms with Gasteiger partial charge in [0.2, 0.25) is 0 Å². The third-order valence-electron chi connectivity index (χ3n) is 2.60. The van der Waals surface area contributed by atoms with Crippen LogP contribution in [0.15, 0.2) is 0 Å². The zero-order chi connectivity index (χ0) is 9.90. The summed E-state index contributed by atoms with van der Waals surface area (Å²) in [4.78, 5) is 10.5. The number of aliphatic carboxylic acids is 1. The van der Waals surface area contributed by atoms with Gasteiger partial charge in [0.05, 0.1) is 6.42 Å². The Morgan fingerprint density at radius 3 is 2.54 bits per heavy atom. The maximum atomic E-state index is 10.5. The first kappa shape index (κ1) is 10.5. The normalized spacial score (nSPS) is 18.3. The van der Waals surface area contributed by atoms with Crippen molar-refractivity contribution in [3.05, 3.63) is 0 Å². The van der Waals surface area contributed by atoms with Crippen molar-refractivity contribution >= 4 is 5.97 Å². The second-order valence-electron chi connectivity index (χ2n) is 4.74. The smallest absolute Gasteiger partial charge is 0.303 e. The van der Waals surface area contributed by atoms with Crippen molar-refractivity contribution in [2.75, 3.05) is 6.54 Å². The molecule has 0 spiro atoms. The van der Waals surface area contributed by atoms with Crippen molar-refractivity contribution in [1.29, 1.82) is 0 Å². The molecular formula is C10H19NO2. The van der Waals surface area contributed by atoms with Gasteiger partial charge in [0.15, 0.2) is 0 Å². The van der Waals surface area contributed by atoms with E-state index in [4.69, 9.17) is 5.11 Å². The molecule has 0 unspecified atom stereocenters. The van der Waals surface area contributed by atoms with Crippen LogP contribution in [0, 0.1) is 5.41 Å². The Hall–Kier alpha value is -0.570. The van der Waals surface area contributed by atoms with Gasteiger partial charge in [-0.05, 0) is 18.3 Å². The molecule has 0 heterocycles. The van der Waals surface area contributed by atoms with E-state index in [-0.39, 0.29) is 11.8 Å². The summed E-state index contributed by atoms with van der Waals surface area (Å²) in [5.74, 6) is -0.708. The van der Waals surface area contributed by atoms with E-state index in [2.05, 4.69) is 5.32 Å². The standard InChI is InChI=1S/C10H19NO2/c1-10(2,6-9(12)13)7-11-8-4-3-5-8/h8,11H,3-7H2,1-2H3,(H,12,13). The lowest BCUT2D eigenvalue weighted by Gasteiger charge is -2.31. The first-order valence-electron chi connectivity index (χ1n) is 4.95. The highest BCUT2D eigenvalue weighted by Crippen LogP contribution is 2.22. The van der Waals surface area contributed by atoms with E-state index in [1.165, 1.54) is 19.3 Å². The molecule has 0 saturated heterocycles. The molecule has 1 aliphatic rings. The molecule has 0 aromatic carbocycles. The lowest BCUT2D eigenvalue weighted by Crippen LogP contribution is -2.41. The van der Waals surface area contributed by atoms with Crippen LogP contribution in [-0.2, 0) is 4.79 Å². The summed E-state index contributed by atoms with van der Waals surface area (Å²) in [6.07, 6.45) is 4.07. The molecular weight excluding hydrogens is 166 g/mol. The number of rotatable bonds is 5. The van der Waals surface area contributed by atoms with Gasteiger partial charge in [0.25, 0.3) is 0 Å². The van der Waals surface area contributed by atoms with E-state index < -0.39 is 5.97 Å². The first-order valence-corrected chi connectivity index (χ1v) is 4.95. The number of carboxylic acid groups (broad SMARTS) is 1. The third kappa shape index (κ3) is 3.77. The summed E-state index contributed by atoms with van der Waals surface area (Å²) in [5, 5.41) is 12.1. The minimum atomic E-state index is -0.708. The van der Waals surface area contributed by atoms with Crippen LogP contribution in [0.4, 0.5) is 0 Å². The molecule has 0 bridgehead atoms. The predicted octanol–water partition coefficient (Wildman–Crippen LogP) is 1.63. The Labute approximate surface area is 79.5 Å². The molecule has 1 fully saturated rings. The van der Waals surface area contributed by atoms with Crippen molar-refractivity contribution in [1.82, 2.24) is 5.32 Å². The Balaban J connectivity index is 2.19. The second-order valence-corrected chi connectivity index (χ2v) is 4.74. The SMILES string of the molecule is CC(C)(CNC1CCC1)CC(=O)O. The van der Waals surface area contributed by atoms with Crippen LogP contribution < -0.4 is 5.32 Å². The Morgan fingerprint density at radius 1 is 1.54 bits per heavy atom. The van der Waals surface area contributed by atoms with Crippen LogP contribution in [0.3, 0.4) is 0 Å². The van der Waals surface area contributed by atoms with Gasteiger partial charge in [-0.25, -0.2) is 0 Å². The van der Waals surface area contributed by atoms with Crippen LogP contribution in [0.2, 0.25) is 0 Å². The summed E-state index contributed by atoms with van der Waals surface area (Å²) in [6, 6.07) is 0.646. The number of nitrogens with one attached hydrogen (secondary N) is 1. The fourth-order valence-electron chi connectivity index (χ4n) is 1.50. The Kier molecular flexibility index (Phi) is 3.31. The topological polar surface area (TPSA) is 49.3 Å². The second kappa shape index (κ2) is 4.09. The van der Waals surface area contributed by atoms with Crippen molar-refractivity contribution in [2.45, 2.75) is 45.6 Å². The largest absolute Gasteiger partial charge is 0.481 e. The van der Waals surface area contributed by atoms with Crippen LogP contribution >= 0.6 is 0 Å². The van der Waals surface area contributed by atoms with Crippen LogP contribution in [-0.4, -0.2) is 23.7 Å². The van der Waals surface area contributed by atoms with Crippen molar-refractivity contribution in [2.24, 2.45) is 5.41 Å². The van der Waals surface area contributed by atoms with Gasteiger partial charge in [-0.15, -0.1) is 0 Å². The highest BCUT2D eigenvalue weighted by Gasteiger charge is 2.24. The molecule has 0 amide bonds. The molecule has 76 valence electrons. The summed E-state index contributed by atoms with van der Waals surface area (Å²) < 4.78 is 0. The number of carbonyl (C=O) groups is 1. The predicted molar refractivity (Wildman–Crippen MR) is 51.7 cm³/mol. The van der Waals surface area contributed by atoms with E-state index in [0.717, 1.165) is 6.54 Å². The van der Waals surface area contributed by atoms with E-state index in [0.29, 0.717) is 6.04 Å². The van der Waals surface area contributed by atoms with E-state index in [9.17, 15) is 4.79 Å². The summed E-state index contributed by atoms with van der Waals surface area (Å²) >= 11 is 0. The lowest BCUT2D eigenvalue weighted by molar-refractivity contribution is -0.139. The van der Waals surface area contributed by atoms with Crippen LogP contribution in [0.5, 0.6) is 0 Å². The minimum absolute atomic E-state index is 0.124.